The largest absolute Gasteiger partial charge is 0.207 e. The molecule has 2 aromatic carbocycles. The summed E-state index contributed by atoms with van der Waals surface area (Å²) in [7, 11) is 0. The lowest BCUT2D eigenvalue weighted by Gasteiger charge is -2.05. The Morgan fingerprint density at radius 2 is 1.53 bits per heavy atom. The van der Waals surface area contributed by atoms with Crippen molar-refractivity contribution in [3.8, 4) is 11.1 Å². The molecule has 76 valence electrons. The molecule has 0 nitrogen and oxygen atoms in total. The smallest absolute Gasteiger partial charge is 0.133 e. The Morgan fingerprint density at radius 3 is 2.20 bits per heavy atom. The molecule has 0 spiro atoms. The Morgan fingerprint density at radius 1 is 0.867 bits per heavy atom. The molecule has 0 aromatic heterocycles. The highest BCUT2D eigenvalue weighted by Crippen LogP contribution is 2.24. The van der Waals surface area contributed by atoms with E-state index >= 15 is 0 Å². The van der Waals surface area contributed by atoms with Crippen LogP contribution in [0.4, 0.5) is 8.78 Å². The minimum atomic E-state index is -0.524. The molecule has 15 heavy (non-hydrogen) atoms. The summed E-state index contributed by atoms with van der Waals surface area (Å²) < 4.78 is 26.5. The van der Waals surface area contributed by atoms with Crippen molar-refractivity contribution in [3.63, 3.8) is 0 Å². The second-order valence-electron chi connectivity index (χ2n) is 3.45. The van der Waals surface area contributed by atoms with Gasteiger partial charge in [-0.05, 0) is 24.1 Å². The minimum absolute atomic E-state index is 0.439. The molecule has 0 fully saturated rings. The number of hydrogen-bond donors (Lipinski definition) is 0. The maximum Gasteiger partial charge on any atom is 0.133 e. The number of rotatable bonds is 1. The Labute approximate surface area is 87.2 Å². The average Bonchev–Trinajstić information content (AvgIpc) is 2.25. The van der Waals surface area contributed by atoms with Crippen molar-refractivity contribution in [3.05, 3.63) is 59.7 Å². The van der Waals surface area contributed by atoms with E-state index in [0.717, 1.165) is 11.6 Å². The van der Waals surface area contributed by atoms with Crippen molar-refractivity contribution in [2.45, 2.75) is 6.92 Å². The number of halogens is 2. The molecule has 2 aromatic rings. The maximum atomic E-state index is 13.5. The first-order valence-electron chi connectivity index (χ1n) is 4.69. The molecule has 0 N–H and O–H groups in total. The van der Waals surface area contributed by atoms with E-state index in [1.54, 1.807) is 19.1 Å². The van der Waals surface area contributed by atoms with Gasteiger partial charge in [0.2, 0.25) is 0 Å². The van der Waals surface area contributed by atoms with Crippen LogP contribution < -0.4 is 0 Å². The summed E-state index contributed by atoms with van der Waals surface area (Å²) in [5.74, 6) is -1.03. The summed E-state index contributed by atoms with van der Waals surface area (Å²) in [6.07, 6.45) is 0. The zero-order chi connectivity index (χ0) is 10.8. The second kappa shape index (κ2) is 3.81. The van der Waals surface area contributed by atoms with E-state index in [1.807, 2.05) is 18.2 Å². The second-order valence-corrected chi connectivity index (χ2v) is 3.45. The number of benzene rings is 2. The van der Waals surface area contributed by atoms with Gasteiger partial charge >= 0.3 is 0 Å². The molecular formula is C13H10F2. The van der Waals surface area contributed by atoms with E-state index in [1.165, 1.54) is 6.07 Å². The highest BCUT2D eigenvalue weighted by atomic mass is 19.1. The molecule has 0 saturated heterocycles. The summed E-state index contributed by atoms with van der Waals surface area (Å²) in [4.78, 5) is 0. The third-order valence-electron chi connectivity index (χ3n) is 2.33. The van der Waals surface area contributed by atoms with Crippen LogP contribution in [0.25, 0.3) is 11.1 Å². The first kappa shape index (κ1) is 9.84. The third kappa shape index (κ3) is 1.89. The van der Waals surface area contributed by atoms with Crippen LogP contribution >= 0.6 is 0 Å². The van der Waals surface area contributed by atoms with Gasteiger partial charge in [-0.15, -0.1) is 0 Å². The van der Waals surface area contributed by atoms with Gasteiger partial charge in [-0.2, -0.15) is 0 Å². The summed E-state index contributed by atoms with van der Waals surface area (Å²) in [5, 5.41) is 0. The lowest BCUT2D eigenvalue weighted by atomic mass is 10.0. The van der Waals surface area contributed by atoms with Gasteiger partial charge in [-0.1, -0.05) is 30.3 Å². The van der Waals surface area contributed by atoms with Crippen molar-refractivity contribution >= 4 is 0 Å². The molecular weight excluding hydrogens is 194 g/mol. The van der Waals surface area contributed by atoms with E-state index < -0.39 is 11.6 Å². The molecule has 0 atom stereocenters. The zero-order valence-corrected chi connectivity index (χ0v) is 8.30. The zero-order valence-electron chi connectivity index (χ0n) is 8.30. The predicted molar refractivity (Wildman–Crippen MR) is 56.5 cm³/mol. The summed E-state index contributed by atoms with van der Waals surface area (Å²) in [5.41, 5.74) is 1.66. The summed E-state index contributed by atoms with van der Waals surface area (Å²) in [6, 6.07) is 11.6. The molecule has 0 aliphatic rings. The van der Waals surface area contributed by atoms with Gasteiger partial charge in [0.1, 0.15) is 11.6 Å². The number of hydrogen-bond acceptors (Lipinski definition) is 0. The first-order valence-corrected chi connectivity index (χ1v) is 4.69. The summed E-state index contributed by atoms with van der Waals surface area (Å²) >= 11 is 0. The molecule has 0 radical (unpaired) electrons. The highest BCUT2D eigenvalue weighted by Gasteiger charge is 2.08. The van der Waals surface area contributed by atoms with Gasteiger partial charge in [-0.3, -0.25) is 0 Å². The van der Waals surface area contributed by atoms with Crippen LogP contribution in [0.2, 0.25) is 0 Å². The summed E-state index contributed by atoms with van der Waals surface area (Å²) in [6.45, 7) is 1.63. The fourth-order valence-electron chi connectivity index (χ4n) is 1.50. The fourth-order valence-corrected chi connectivity index (χ4v) is 1.50. The van der Waals surface area contributed by atoms with Crippen LogP contribution in [0, 0.1) is 18.6 Å². The maximum absolute atomic E-state index is 13.5. The normalized spacial score (nSPS) is 10.3. The lowest BCUT2D eigenvalue weighted by Crippen LogP contribution is -1.89. The van der Waals surface area contributed by atoms with E-state index in [2.05, 4.69) is 0 Å². The Bertz CT molecular complexity index is 475. The van der Waals surface area contributed by atoms with Gasteiger partial charge in [-0.25, -0.2) is 8.78 Å². The number of aryl methyl sites for hydroxylation is 1. The molecule has 2 heteroatoms. The fraction of sp³-hybridized carbons (Fsp3) is 0.0769. The first-order chi connectivity index (χ1) is 7.18. The van der Waals surface area contributed by atoms with E-state index in [9.17, 15) is 8.78 Å². The van der Waals surface area contributed by atoms with Crippen LogP contribution in [0.1, 0.15) is 5.56 Å². The monoisotopic (exact) mass is 204 g/mol. The van der Waals surface area contributed by atoms with E-state index in [0.29, 0.717) is 11.1 Å². The average molecular weight is 204 g/mol. The van der Waals surface area contributed by atoms with Crippen molar-refractivity contribution in [2.24, 2.45) is 0 Å². The molecule has 0 unspecified atom stereocenters. The van der Waals surface area contributed by atoms with Gasteiger partial charge in [0.05, 0.1) is 0 Å². The van der Waals surface area contributed by atoms with E-state index in [4.69, 9.17) is 0 Å². The standard InChI is InChI=1S/C13H10F2/c1-9-7-11(13(15)8-12(9)14)10-5-3-2-4-6-10/h2-8H,1H3. The topological polar surface area (TPSA) is 0 Å². The minimum Gasteiger partial charge on any atom is -0.207 e. The molecule has 0 bridgehead atoms. The van der Waals surface area contributed by atoms with Crippen LogP contribution in [-0.2, 0) is 0 Å². The predicted octanol–water partition coefficient (Wildman–Crippen LogP) is 3.94. The Balaban J connectivity index is 2.59. The molecule has 0 amide bonds. The van der Waals surface area contributed by atoms with Crippen LogP contribution in [0.5, 0.6) is 0 Å². The quantitative estimate of drug-likeness (QED) is 0.660. The van der Waals surface area contributed by atoms with Gasteiger partial charge in [0, 0.05) is 11.6 Å². The van der Waals surface area contributed by atoms with Crippen molar-refractivity contribution in [1.29, 1.82) is 0 Å². The van der Waals surface area contributed by atoms with Crippen molar-refractivity contribution in [2.75, 3.05) is 0 Å². The van der Waals surface area contributed by atoms with Crippen molar-refractivity contribution < 1.29 is 8.78 Å². The molecule has 0 aliphatic carbocycles. The van der Waals surface area contributed by atoms with Crippen LogP contribution in [-0.4, -0.2) is 0 Å². The van der Waals surface area contributed by atoms with Gasteiger partial charge in [0.25, 0.3) is 0 Å². The van der Waals surface area contributed by atoms with Crippen LogP contribution in [0.15, 0.2) is 42.5 Å². The van der Waals surface area contributed by atoms with Crippen molar-refractivity contribution in [1.82, 2.24) is 0 Å². The lowest BCUT2D eigenvalue weighted by molar-refractivity contribution is 0.579. The third-order valence-corrected chi connectivity index (χ3v) is 2.33. The van der Waals surface area contributed by atoms with E-state index in [-0.39, 0.29) is 0 Å². The Hall–Kier alpha value is -1.70. The Kier molecular flexibility index (Phi) is 2.50. The van der Waals surface area contributed by atoms with Gasteiger partial charge < -0.3 is 0 Å². The molecule has 0 saturated carbocycles. The SMILES string of the molecule is Cc1cc(-c2ccccc2)c(F)cc1F. The van der Waals surface area contributed by atoms with Crippen LogP contribution in [0.3, 0.4) is 0 Å². The van der Waals surface area contributed by atoms with Gasteiger partial charge in [0.15, 0.2) is 0 Å². The highest BCUT2D eigenvalue weighted by molar-refractivity contribution is 5.64. The molecule has 0 heterocycles. The molecule has 2 rings (SSSR count). The molecule has 0 aliphatic heterocycles.